The van der Waals surface area contributed by atoms with Gasteiger partial charge in [-0.05, 0) is 57.0 Å². The molecule has 4 aromatic rings. The lowest BCUT2D eigenvalue weighted by molar-refractivity contribution is 0.918. The van der Waals surface area contributed by atoms with E-state index in [0.29, 0.717) is 5.96 Å². The van der Waals surface area contributed by atoms with Crippen molar-refractivity contribution in [3.8, 4) is 0 Å². The van der Waals surface area contributed by atoms with Crippen LogP contribution < -0.4 is 10.7 Å². The molecule has 1 heterocycles. The fourth-order valence-electron chi connectivity index (χ4n) is 3.71. The van der Waals surface area contributed by atoms with Gasteiger partial charge in [-0.3, -0.25) is 0 Å². The van der Waals surface area contributed by atoms with Crippen molar-refractivity contribution in [1.82, 2.24) is 10.7 Å². The Morgan fingerprint density at radius 2 is 1.30 bits per heavy atom. The molecular weight excluding hydrogens is 472 g/mol. The maximum atomic E-state index is 4.56. The summed E-state index contributed by atoms with van der Waals surface area (Å²) in [5.74, 6) is 0.709. The maximum absolute atomic E-state index is 4.56. The van der Waals surface area contributed by atoms with E-state index in [0.717, 1.165) is 29.9 Å². The minimum atomic E-state index is 0. The summed E-state index contributed by atoms with van der Waals surface area (Å²) < 4.78 is 0. The molecule has 0 atom stereocenters. The monoisotopic (exact) mass is 496 g/mol. The molecule has 0 unspecified atom stereocenters. The Kier molecular flexibility index (Phi) is 7.33. The zero-order valence-corrected chi connectivity index (χ0v) is 19.8. The summed E-state index contributed by atoms with van der Waals surface area (Å²) in [6.45, 7) is 1.61. The molecule has 0 fully saturated rings. The van der Waals surface area contributed by atoms with Crippen molar-refractivity contribution in [1.29, 1.82) is 0 Å². The molecule has 0 aromatic heterocycles. The standard InChI is InChI=1S/C28H24N4.BrH/c1-3-7-25-19-21(9-13-23(25)5-1)11-15-27(31-32-28-29-17-18-30-28)16-12-22-10-14-24-6-2-4-8-26(24)20-22;/h1-16,19-20H,17-18H2,(H2,29,30,32);1H. The Morgan fingerprint density at radius 1 is 0.758 bits per heavy atom. The van der Waals surface area contributed by atoms with E-state index in [-0.39, 0.29) is 17.0 Å². The van der Waals surface area contributed by atoms with E-state index in [1.165, 1.54) is 21.5 Å². The minimum Gasteiger partial charge on any atom is -0.353 e. The normalized spacial score (nSPS) is 13.2. The fourth-order valence-corrected chi connectivity index (χ4v) is 3.71. The Balaban J connectivity index is 0.00000259. The minimum absolute atomic E-state index is 0. The predicted octanol–water partition coefficient (Wildman–Crippen LogP) is 6.20. The van der Waals surface area contributed by atoms with E-state index in [1.807, 2.05) is 12.2 Å². The van der Waals surface area contributed by atoms with Crippen LogP contribution in [0, 0.1) is 0 Å². The number of nitrogens with one attached hydrogen (secondary N) is 2. The van der Waals surface area contributed by atoms with Crippen molar-refractivity contribution in [2.75, 3.05) is 13.1 Å². The van der Waals surface area contributed by atoms with Crippen LogP contribution in [0.5, 0.6) is 0 Å². The number of nitrogens with zero attached hydrogens (tertiary/aromatic N) is 2. The molecular formula is C28H25BrN4. The van der Waals surface area contributed by atoms with Crippen molar-refractivity contribution >= 4 is 62.3 Å². The molecule has 1 aliphatic rings. The van der Waals surface area contributed by atoms with Crippen LogP contribution in [0.2, 0.25) is 0 Å². The lowest BCUT2D eigenvalue weighted by Crippen LogP contribution is -2.30. The van der Waals surface area contributed by atoms with E-state index in [2.05, 4.69) is 118 Å². The smallest absolute Gasteiger partial charge is 0.212 e. The number of guanidine groups is 1. The Bertz CT molecular complexity index is 1290. The molecule has 0 amide bonds. The largest absolute Gasteiger partial charge is 0.353 e. The number of fused-ring (bicyclic) bond motifs is 2. The summed E-state index contributed by atoms with van der Waals surface area (Å²) in [4.78, 5) is 4.35. The van der Waals surface area contributed by atoms with Crippen LogP contribution in [-0.2, 0) is 0 Å². The van der Waals surface area contributed by atoms with Crippen LogP contribution in [0.1, 0.15) is 11.1 Å². The third-order valence-corrected chi connectivity index (χ3v) is 5.41. The van der Waals surface area contributed by atoms with Crippen LogP contribution >= 0.6 is 17.0 Å². The molecule has 164 valence electrons. The van der Waals surface area contributed by atoms with E-state index in [4.69, 9.17) is 0 Å². The van der Waals surface area contributed by atoms with Crippen LogP contribution in [-0.4, -0.2) is 24.8 Å². The zero-order chi connectivity index (χ0) is 21.6. The van der Waals surface area contributed by atoms with Gasteiger partial charge in [-0.25, -0.2) is 10.4 Å². The summed E-state index contributed by atoms with van der Waals surface area (Å²) in [6, 6.07) is 29.7. The van der Waals surface area contributed by atoms with Crippen LogP contribution in [0.3, 0.4) is 0 Å². The summed E-state index contributed by atoms with van der Waals surface area (Å²) in [7, 11) is 0. The molecule has 33 heavy (non-hydrogen) atoms. The molecule has 1 aliphatic heterocycles. The topological polar surface area (TPSA) is 48.8 Å². The molecule has 0 saturated heterocycles. The number of rotatable bonds is 5. The molecule has 4 aromatic carbocycles. The van der Waals surface area contributed by atoms with Gasteiger partial charge in [-0.15, -0.1) is 17.0 Å². The van der Waals surface area contributed by atoms with Gasteiger partial charge in [0.1, 0.15) is 0 Å². The van der Waals surface area contributed by atoms with Gasteiger partial charge in [0.2, 0.25) is 5.96 Å². The van der Waals surface area contributed by atoms with Crippen molar-refractivity contribution in [2.24, 2.45) is 10.1 Å². The van der Waals surface area contributed by atoms with Crippen LogP contribution in [0.15, 0.2) is 107 Å². The third kappa shape index (κ3) is 5.76. The second kappa shape index (κ2) is 10.7. The number of hydrogen-bond donors (Lipinski definition) is 2. The molecule has 0 spiro atoms. The number of aliphatic imine (C=N–C) groups is 1. The quantitative estimate of drug-likeness (QED) is 0.255. The molecule has 5 heteroatoms. The van der Waals surface area contributed by atoms with Gasteiger partial charge in [-0.2, -0.15) is 5.10 Å². The SMILES string of the molecule is Br.C(=Cc1ccc2ccccc2c1)C(C=Cc1ccc2ccccc2c1)=NNC1=NCCN1. The first kappa shape index (κ1) is 22.5. The fraction of sp³-hybridized carbons (Fsp3) is 0.0714. The van der Waals surface area contributed by atoms with Gasteiger partial charge >= 0.3 is 0 Å². The molecule has 0 saturated carbocycles. The highest BCUT2D eigenvalue weighted by Crippen LogP contribution is 2.18. The highest BCUT2D eigenvalue weighted by molar-refractivity contribution is 8.93. The van der Waals surface area contributed by atoms with Crippen LogP contribution in [0.25, 0.3) is 33.7 Å². The molecule has 4 nitrogen and oxygen atoms in total. The van der Waals surface area contributed by atoms with Gasteiger partial charge < -0.3 is 5.32 Å². The summed E-state index contributed by atoms with van der Waals surface area (Å²) in [6.07, 6.45) is 8.21. The maximum Gasteiger partial charge on any atom is 0.212 e. The molecule has 0 radical (unpaired) electrons. The predicted molar refractivity (Wildman–Crippen MR) is 147 cm³/mol. The second-order valence-electron chi connectivity index (χ2n) is 7.69. The van der Waals surface area contributed by atoms with E-state index >= 15 is 0 Å². The van der Waals surface area contributed by atoms with Crippen molar-refractivity contribution in [3.05, 3.63) is 108 Å². The van der Waals surface area contributed by atoms with Crippen molar-refractivity contribution in [3.63, 3.8) is 0 Å². The van der Waals surface area contributed by atoms with E-state index in [9.17, 15) is 0 Å². The average molecular weight is 497 g/mol. The van der Waals surface area contributed by atoms with Gasteiger partial charge in [0, 0.05) is 6.54 Å². The lowest BCUT2D eigenvalue weighted by atomic mass is 10.1. The number of allylic oxidation sites excluding steroid dienone is 2. The second-order valence-corrected chi connectivity index (χ2v) is 7.69. The lowest BCUT2D eigenvalue weighted by Gasteiger charge is -2.03. The van der Waals surface area contributed by atoms with Crippen molar-refractivity contribution < 1.29 is 0 Å². The summed E-state index contributed by atoms with van der Waals surface area (Å²) >= 11 is 0. The van der Waals surface area contributed by atoms with Crippen LogP contribution in [0.4, 0.5) is 0 Å². The number of hydrogen-bond acceptors (Lipinski definition) is 4. The van der Waals surface area contributed by atoms with Gasteiger partial charge in [0.15, 0.2) is 0 Å². The van der Waals surface area contributed by atoms with Crippen molar-refractivity contribution in [2.45, 2.75) is 0 Å². The molecule has 5 rings (SSSR count). The van der Waals surface area contributed by atoms with E-state index < -0.39 is 0 Å². The number of hydrazone groups is 1. The third-order valence-electron chi connectivity index (χ3n) is 5.41. The Hall–Kier alpha value is -3.70. The Morgan fingerprint density at radius 3 is 1.82 bits per heavy atom. The Labute approximate surface area is 204 Å². The zero-order valence-electron chi connectivity index (χ0n) is 18.1. The summed E-state index contributed by atoms with van der Waals surface area (Å²) in [5, 5.41) is 12.7. The molecule has 0 bridgehead atoms. The van der Waals surface area contributed by atoms with Gasteiger partial charge in [0.05, 0.1) is 12.3 Å². The first-order valence-electron chi connectivity index (χ1n) is 10.8. The highest BCUT2D eigenvalue weighted by Gasteiger charge is 2.02. The average Bonchev–Trinajstić information content (AvgIpc) is 3.37. The molecule has 0 aliphatic carbocycles. The van der Waals surface area contributed by atoms with Gasteiger partial charge in [-0.1, -0.05) is 84.9 Å². The van der Waals surface area contributed by atoms with Gasteiger partial charge in [0.25, 0.3) is 0 Å². The van der Waals surface area contributed by atoms with E-state index in [1.54, 1.807) is 0 Å². The molecule has 2 N–H and O–H groups in total. The first-order chi connectivity index (χ1) is 15.8. The first-order valence-corrected chi connectivity index (χ1v) is 10.8. The highest BCUT2D eigenvalue weighted by atomic mass is 79.9. The number of benzene rings is 4. The number of halogens is 1. The summed E-state index contributed by atoms with van der Waals surface area (Å²) in [5.41, 5.74) is 6.11.